The summed E-state index contributed by atoms with van der Waals surface area (Å²) in [4.78, 5) is 0. The Morgan fingerprint density at radius 3 is 2.62 bits per heavy atom. The number of hydrogen-bond acceptors (Lipinski definition) is 2. The Hall–Kier alpha value is 0.0900. The van der Waals surface area contributed by atoms with Gasteiger partial charge in [-0.05, 0) is 60.2 Å². The van der Waals surface area contributed by atoms with Crippen molar-refractivity contribution in [2.45, 2.75) is 25.3 Å². The summed E-state index contributed by atoms with van der Waals surface area (Å²) in [6.45, 7) is 0.668. The summed E-state index contributed by atoms with van der Waals surface area (Å²) in [6.07, 6.45) is 2.68. The van der Waals surface area contributed by atoms with Crippen molar-refractivity contribution >= 4 is 35.0 Å². The van der Waals surface area contributed by atoms with Gasteiger partial charge in [0.15, 0.2) is 0 Å². The lowest BCUT2D eigenvalue weighted by Crippen LogP contribution is -2.13. The van der Waals surface area contributed by atoms with Crippen LogP contribution in [0.25, 0.3) is 0 Å². The summed E-state index contributed by atoms with van der Waals surface area (Å²) in [5.41, 5.74) is 11.9. The van der Waals surface area contributed by atoms with Gasteiger partial charge in [-0.3, -0.25) is 0 Å². The molecule has 0 aliphatic rings. The van der Waals surface area contributed by atoms with Crippen LogP contribution >= 0.6 is 35.0 Å². The van der Waals surface area contributed by atoms with Gasteiger partial charge in [-0.1, -0.05) is 6.42 Å². The van der Waals surface area contributed by atoms with Gasteiger partial charge in [0.25, 0.3) is 0 Å². The van der Waals surface area contributed by atoms with E-state index in [1.54, 1.807) is 6.07 Å². The first-order chi connectivity index (χ1) is 7.15. The van der Waals surface area contributed by atoms with Gasteiger partial charge in [-0.2, -0.15) is 0 Å². The van der Waals surface area contributed by atoms with Crippen molar-refractivity contribution in [2.75, 3.05) is 6.54 Å². The predicted molar refractivity (Wildman–Crippen MR) is 76.2 cm³/mol. The first-order valence-electron chi connectivity index (χ1n) is 5.05. The fraction of sp³-hybridized carbons (Fsp3) is 0.455. The van der Waals surface area contributed by atoms with Gasteiger partial charge in [0, 0.05) is 15.2 Å². The van der Waals surface area contributed by atoms with Gasteiger partial charge in [0.1, 0.15) is 5.82 Å². The van der Waals surface area contributed by atoms with Crippen LogP contribution in [-0.2, 0) is 0 Å². The van der Waals surface area contributed by atoms with Crippen LogP contribution in [0.4, 0.5) is 4.39 Å². The zero-order valence-electron chi connectivity index (χ0n) is 8.96. The van der Waals surface area contributed by atoms with E-state index in [0.29, 0.717) is 12.1 Å². The van der Waals surface area contributed by atoms with Crippen molar-refractivity contribution in [1.29, 1.82) is 0 Å². The molecule has 0 aromatic heterocycles. The van der Waals surface area contributed by atoms with Crippen LogP contribution in [-0.4, -0.2) is 6.54 Å². The largest absolute Gasteiger partial charge is 0.330 e. The highest BCUT2D eigenvalue weighted by atomic mass is 127. The van der Waals surface area contributed by atoms with Gasteiger partial charge in [0.2, 0.25) is 0 Å². The lowest BCUT2D eigenvalue weighted by Gasteiger charge is -2.12. The van der Waals surface area contributed by atoms with Crippen LogP contribution in [0.5, 0.6) is 0 Å². The van der Waals surface area contributed by atoms with Crippen LogP contribution in [0.1, 0.15) is 30.9 Å². The topological polar surface area (TPSA) is 52.0 Å². The van der Waals surface area contributed by atoms with Crippen molar-refractivity contribution in [1.82, 2.24) is 0 Å². The molecule has 0 aliphatic heterocycles. The van der Waals surface area contributed by atoms with E-state index in [9.17, 15) is 4.39 Å². The van der Waals surface area contributed by atoms with E-state index in [1.807, 2.05) is 6.07 Å². The van der Waals surface area contributed by atoms with Crippen molar-refractivity contribution < 1.29 is 4.39 Å². The van der Waals surface area contributed by atoms with Crippen LogP contribution in [0.2, 0.25) is 0 Å². The highest BCUT2D eigenvalue weighted by Crippen LogP contribution is 2.21. The molecule has 2 nitrogen and oxygen atoms in total. The zero-order chi connectivity index (χ0) is 11.3. The van der Waals surface area contributed by atoms with Crippen molar-refractivity contribution in [3.8, 4) is 0 Å². The summed E-state index contributed by atoms with van der Waals surface area (Å²) in [7, 11) is 0. The summed E-state index contributed by atoms with van der Waals surface area (Å²) in [5, 5.41) is 0. The fourth-order valence-corrected chi connectivity index (χ4v) is 1.98. The molecule has 0 saturated carbocycles. The predicted octanol–water partition coefficient (Wildman–Crippen LogP) is 2.98. The minimum Gasteiger partial charge on any atom is -0.330 e. The highest BCUT2D eigenvalue weighted by Gasteiger charge is 2.11. The molecule has 0 aliphatic carbocycles. The number of nitrogens with two attached hydrogens (primary N) is 2. The number of benzene rings is 1. The number of rotatable bonds is 5. The molecule has 16 heavy (non-hydrogen) atoms. The third-order valence-electron chi connectivity index (χ3n) is 2.33. The maximum absolute atomic E-state index is 13.4. The van der Waals surface area contributed by atoms with Crippen LogP contribution in [0.15, 0.2) is 18.2 Å². The first kappa shape index (κ1) is 16.1. The molecule has 0 heterocycles. The summed E-state index contributed by atoms with van der Waals surface area (Å²) < 4.78 is 14.4. The Balaban J connectivity index is 0.00000225. The molecule has 1 aromatic carbocycles. The lowest BCUT2D eigenvalue weighted by atomic mass is 10.0. The second kappa shape index (κ2) is 8.22. The highest BCUT2D eigenvalue weighted by molar-refractivity contribution is 14.1. The molecule has 1 aromatic rings. The molecule has 0 saturated heterocycles. The smallest absolute Gasteiger partial charge is 0.128 e. The third kappa shape index (κ3) is 4.95. The zero-order valence-corrected chi connectivity index (χ0v) is 11.9. The van der Waals surface area contributed by atoms with E-state index in [2.05, 4.69) is 22.6 Å². The van der Waals surface area contributed by atoms with E-state index in [0.717, 1.165) is 22.8 Å². The van der Waals surface area contributed by atoms with Crippen molar-refractivity contribution in [3.05, 3.63) is 33.1 Å². The monoisotopic (exact) mass is 358 g/mol. The normalized spacial score (nSPS) is 12.0. The molecular formula is C11H17ClFIN2. The van der Waals surface area contributed by atoms with Gasteiger partial charge in [-0.25, -0.2) is 4.39 Å². The average molecular weight is 359 g/mol. The van der Waals surface area contributed by atoms with E-state index >= 15 is 0 Å². The standard InChI is InChI=1S/C11H16FIN2.ClH/c12-10-5-4-8(13)7-9(10)11(15)3-1-2-6-14;/h4-5,7,11H,1-3,6,14-15H2;1H/t11-;/m1./s1. The Morgan fingerprint density at radius 2 is 2.00 bits per heavy atom. The molecule has 1 rings (SSSR count). The van der Waals surface area contributed by atoms with Gasteiger partial charge in [0.05, 0.1) is 0 Å². The Bertz CT molecular complexity index is 323. The second-order valence-electron chi connectivity index (χ2n) is 3.56. The Kier molecular flexibility index (Phi) is 8.27. The van der Waals surface area contributed by atoms with Crippen molar-refractivity contribution in [3.63, 3.8) is 0 Å². The first-order valence-corrected chi connectivity index (χ1v) is 6.13. The molecule has 5 heteroatoms. The van der Waals surface area contributed by atoms with Gasteiger partial charge >= 0.3 is 0 Å². The molecule has 1 atom stereocenters. The Morgan fingerprint density at radius 1 is 1.31 bits per heavy atom. The van der Waals surface area contributed by atoms with E-state index < -0.39 is 0 Å². The van der Waals surface area contributed by atoms with Crippen LogP contribution in [0, 0.1) is 9.39 Å². The molecule has 92 valence electrons. The quantitative estimate of drug-likeness (QED) is 0.628. The van der Waals surface area contributed by atoms with E-state index in [4.69, 9.17) is 11.5 Å². The molecule has 0 amide bonds. The molecule has 0 spiro atoms. The average Bonchev–Trinajstić information content (AvgIpc) is 2.22. The number of hydrogen-bond donors (Lipinski definition) is 2. The maximum Gasteiger partial charge on any atom is 0.128 e. The molecule has 0 bridgehead atoms. The molecule has 0 unspecified atom stereocenters. The van der Waals surface area contributed by atoms with Gasteiger partial charge in [-0.15, -0.1) is 12.4 Å². The summed E-state index contributed by atoms with van der Waals surface area (Å²) >= 11 is 2.16. The van der Waals surface area contributed by atoms with Gasteiger partial charge < -0.3 is 11.5 Å². The maximum atomic E-state index is 13.4. The van der Waals surface area contributed by atoms with Crippen molar-refractivity contribution in [2.24, 2.45) is 11.5 Å². The molecule has 0 radical (unpaired) electrons. The molecular weight excluding hydrogens is 341 g/mol. The summed E-state index contributed by atoms with van der Waals surface area (Å²) in [5.74, 6) is -0.212. The van der Waals surface area contributed by atoms with Crippen LogP contribution < -0.4 is 11.5 Å². The molecule has 4 N–H and O–H groups in total. The lowest BCUT2D eigenvalue weighted by molar-refractivity contribution is 0.542. The van der Waals surface area contributed by atoms with E-state index in [1.165, 1.54) is 6.07 Å². The minimum atomic E-state index is -0.216. The summed E-state index contributed by atoms with van der Waals surface area (Å²) in [6, 6.07) is 4.81. The SMILES string of the molecule is Cl.NCCCC[C@@H](N)c1cc(I)ccc1F. The Labute approximate surface area is 116 Å². The molecule has 0 fully saturated rings. The van der Waals surface area contributed by atoms with Crippen LogP contribution in [0.3, 0.4) is 0 Å². The van der Waals surface area contributed by atoms with E-state index in [-0.39, 0.29) is 24.3 Å². The fourth-order valence-electron chi connectivity index (χ4n) is 1.46. The minimum absolute atomic E-state index is 0. The number of unbranched alkanes of at least 4 members (excludes halogenated alkanes) is 1. The second-order valence-corrected chi connectivity index (χ2v) is 4.80. The third-order valence-corrected chi connectivity index (χ3v) is 3.00. The number of halogens is 3.